The summed E-state index contributed by atoms with van der Waals surface area (Å²) in [6.45, 7) is 5.67. The van der Waals surface area contributed by atoms with Crippen LogP contribution in [0, 0.1) is 11.7 Å². The zero-order chi connectivity index (χ0) is 13.8. The van der Waals surface area contributed by atoms with E-state index >= 15 is 0 Å². The SMILES string of the molecule is CCC(=O)N(c1ccccc1F)[C@H]1CCNC[C@H]1C. The van der Waals surface area contributed by atoms with Gasteiger partial charge >= 0.3 is 0 Å². The number of nitrogens with zero attached hydrogens (tertiary/aromatic N) is 1. The predicted octanol–water partition coefficient (Wildman–Crippen LogP) is 2.57. The molecule has 2 atom stereocenters. The first-order valence-corrected chi connectivity index (χ1v) is 6.92. The van der Waals surface area contributed by atoms with Crippen molar-refractivity contribution in [1.82, 2.24) is 5.32 Å². The second kappa shape index (κ2) is 6.15. The smallest absolute Gasteiger partial charge is 0.227 e. The average Bonchev–Trinajstić information content (AvgIpc) is 2.43. The average molecular weight is 264 g/mol. The molecule has 2 rings (SSSR count). The maximum Gasteiger partial charge on any atom is 0.227 e. The molecule has 4 heteroatoms. The summed E-state index contributed by atoms with van der Waals surface area (Å²) in [5, 5.41) is 3.31. The van der Waals surface area contributed by atoms with Crippen LogP contribution in [0.5, 0.6) is 0 Å². The number of para-hydroxylation sites is 1. The number of anilines is 1. The predicted molar refractivity (Wildman–Crippen MR) is 74.6 cm³/mol. The van der Waals surface area contributed by atoms with Gasteiger partial charge in [0.2, 0.25) is 5.91 Å². The molecule has 104 valence electrons. The van der Waals surface area contributed by atoms with Crippen LogP contribution in [0.15, 0.2) is 24.3 Å². The number of hydrogen-bond acceptors (Lipinski definition) is 2. The van der Waals surface area contributed by atoms with E-state index in [9.17, 15) is 9.18 Å². The summed E-state index contributed by atoms with van der Waals surface area (Å²) in [6.07, 6.45) is 1.26. The van der Waals surface area contributed by atoms with Gasteiger partial charge in [0.1, 0.15) is 5.82 Å². The molecule has 1 aliphatic heterocycles. The van der Waals surface area contributed by atoms with E-state index in [4.69, 9.17) is 0 Å². The second-order valence-corrected chi connectivity index (χ2v) is 5.11. The van der Waals surface area contributed by atoms with Crippen molar-refractivity contribution in [2.45, 2.75) is 32.7 Å². The summed E-state index contributed by atoms with van der Waals surface area (Å²) in [5.74, 6) is -0.0114. The molecule has 1 aliphatic rings. The van der Waals surface area contributed by atoms with Crippen LogP contribution in [0.3, 0.4) is 0 Å². The van der Waals surface area contributed by atoms with Gasteiger partial charge in [-0.3, -0.25) is 4.79 Å². The Morgan fingerprint density at radius 3 is 2.84 bits per heavy atom. The summed E-state index contributed by atoms with van der Waals surface area (Å²) in [4.78, 5) is 13.9. The van der Waals surface area contributed by atoms with Gasteiger partial charge < -0.3 is 10.2 Å². The Bertz CT molecular complexity index is 450. The molecule has 0 radical (unpaired) electrons. The number of carbonyl (C=O) groups excluding carboxylic acids is 1. The molecule has 19 heavy (non-hydrogen) atoms. The summed E-state index contributed by atoms with van der Waals surface area (Å²) in [5.41, 5.74) is 0.410. The van der Waals surface area contributed by atoms with Crippen LogP contribution in [0.25, 0.3) is 0 Å². The van der Waals surface area contributed by atoms with Crippen LogP contribution in [0.4, 0.5) is 10.1 Å². The molecule has 1 N–H and O–H groups in total. The number of hydrogen-bond donors (Lipinski definition) is 1. The van der Waals surface area contributed by atoms with Crippen LogP contribution in [0.1, 0.15) is 26.7 Å². The number of piperidine rings is 1. The molecular formula is C15H21FN2O. The molecule has 0 bridgehead atoms. The third kappa shape index (κ3) is 2.95. The summed E-state index contributed by atoms with van der Waals surface area (Å²) < 4.78 is 14.0. The molecule has 1 aromatic carbocycles. The highest BCUT2D eigenvalue weighted by Gasteiger charge is 2.31. The van der Waals surface area contributed by atoms with Crippen LogP contribution < -0.4 is 10.2 Å². The Hall–Kier alpha value is -1.42. The van der Waals surface area contributed by atoms with Crippen molar-refractivity contribution in [2.24, 2.45) is 5.92 Å². The Morgan fingerprint density at radius 1 is 1.47 bits per heavy atom. The van der Waals surface area contributed by atoms with Gasteiger partial charge in [0.25, 0.3) is 0 Å². The number of carbonyl (C=O) groups is 1. The normalized spacial score (nSPS) is 23.1. The van der Waals surface area contributed by atoms with E-state index in [0.717, 1.165) is 19.5 Å². The molecule has 0 spiro atoms. The van der Waals surface area contributed by atoms with Gasteiger partial charge in [-0.1, -0.05) is 26.0 Å². The molecule has 0 unspecified atom stereocenters. The van der Waals surface area contributed by atoms with E-state index in [1.54, 1.807) is 23.1 Å². The summed E-state index contributed by atoms with van der Waals surface area (Å²) >= 11 is 0. The van der Waals surface area contributed by atoms with Gasteiger partial charge in [-0.15, -0.1) is 0 Å². The molecule has 0 aliphatic carbocycles. The van der Waals surface area contributed by atoms with Crippen molar-refractivity contribution < 1.29 is 9.18 Å². The number of amides is 1. The van der Waals surface area contributed by atoms with Crippen LogP contribution >= 0.6 is 0 Å². The molecular weight excluding hydrogens is 243 g/mol. The lowest BCUT2D eigenvalue weighted by Crippen LogP contribution is -2.51. The fourth-order valence-corrected chi connectivity index (χ4v) is 2.70. The number of rotatable bonds is 3. The molecule has 1 amide bonds. The molecule has 1 aromatic rings. The maximum atomic E-state index is 14.0. The van der Waals surface area contributed by atoms with Crippen LogP contribution in [0.2, 0.25) is 0 Å². The lowest BCUT2D eigenvalue weighted by Gasteiger charge is -2.39. The fraction of sp³-hybridized carbons (Fsp3) is 0.533. The van der Waals surface area contributed by atoms with Crippen molar-refractivity contribution in [3.8, 4) is 0 Å². The standard InChI is InChI=1S/C15H21FN2O/c1-3-15(19)18(13-8-9-17-10-11(13)2)14-7-5-4-6-12(14)16/h4-7,11,13,17H,3,8-10H2,1-2H3/t11-,13+/m1/s1. The number of halogens is 1. The zero-order valence-electron chi connectivity index (χ0n) is 11.5. The van der Waals surface area contributed by atoms with Crippen molar-refractivity contribution in [2.75, 3.05) is 18.0 Å². The third-order valence-electron chi connectivity index (χ3n) is 3.75. The zero-order valence-corrected chi connectivity index (χ0v) is 11.5. The lowest BCUT2D eigenvalue weighted by molar-refractivity contribution is -0.119. The molecule has 1 heterocycles. The summed E-state index contributed by atoms with van der Waals surface area (Å²) in [7, 11) is 0. The van der Waals surface area contributed by atoms with Gasteiger partial charge in [-0.05, 0) is 37.6 Å². The van der Waals surface area contributed by atoms with Gasteiger partial charge in [-0.2, -0.15) is 0 Å². The molecule has 3 nitrogen and oxygen atoms in total. The van der Waals surface area contributed by atoms with Crippen LogP contribution in [-0.2, 0) is 4.79 Å². The first kappa shape index (κ1) is 14.0. The van der Waals surface area contributed by atoms with Crippen LogP contribution in [-0.4, -0.2) is 25.0 Å². The largest absolute Gasteiger partial charge is 0.316 e. The Labute approximate surface area is 113 Å². The minimum Gasteiger partial charge on any atom is -0.316 e. The lowest BCUT2D eigenvalue weighted by atomic mass is 9.93. The Kier molecular flexibility index (Phi) is 4.53. The van der Waals surface area contributed by atoms with E-state index in [1.807, 2.05) is 6.92 Å². The van der Waals surface area contributed by atoms with Crippen molar-refractivity contribution in [1.29, 1.82) is 0 Å². The molecule has 1 fully saturated rings. The van der Waals surface area contributed by atoms with Crippen molar-refractivity contribution in [3.63, 3.8) is 0 Å². The highest BCUT2D eigenvalue weighted by atomic mass is 19.1. The fourth-order valence-electron chi connectivity index (χ4n) is 2.70. The minimum atomic E-state index is -0.324. The van der Waals surface area contributed by atoms with Gasteiger partial charge in [-0.25, -0.2) is 4.39 Å². The van der Waals surface area contributed by atoms with Gasteiger partial charge in [0.15, 0.2) is 0 Å². The highest BCUT2D eigenvalue weighted by Crippen LogP contribution is 2.27. The van der Waals surface area contributed by atoms with Gasteiger partial charge in [0, 0.05) is 12.5 Å². The monoisotopic (exact) mass is 264 g/mol. The highest BCUT2D eigenvalue weighted by molar-refractivity contribution is 5.94. The van der Waals surface area contributed by atoms with Gasteiger partial charge in [0.05, 0.1) is 5.69 Å². The Morgan fingerprint density at radius 2 is 2.21 bits per heavy atom. The molecule has 0 aromatic heterocycles. The van der Waals surface area contributed by atoms with E-state index in [1.165, 1.54) is 6.07 Å². The number of benzene rings is 1. The maximum absolute atomic E-state index is 14.0. The van der Waals surface area contributed by atoms with Crippen molar-refractivity contribution >= 4 is 11.6 Å². The first-order valence-electron chi connectivity index (χ1n) is 6.92. The summed E-state index contributed by atoms with van der Waals surface area (Å²) in [6, 6.07) is 6.61. The van der Waals surface area contributed by atoms with E-state index in [-0.39, 0.29) is 17.8 Å². The first-order chi connectivity index (χ1) is 9.15. The molecule has 1 saturated heterocycles. The second-order valence-electron chi connectivity index (χ2n) is 5.11. The number of nitrogens with one attached hydrogen (secondary N) is 1. The third-order valence-corrected chi connectivity index (χ3v) is 3.75. The van der Waals surface area contributed by atoms with E-state index in [2.05, 4.69) is 12.2 Å². The van der Waals surface area contributed by atoms with Crippen molar-refractivity contribution in [3.05, 3.63) is 30.1 Å². The van der Waals surface area contributed by atoms with E-state index in [0.29, 0.717) is 18.0 Å². The Balaban J connectivity index is 2.36. The minimum absolute atomic E-state index is 0.0103. The van der Waals surface area contributed by atoms with E-state index < -0.39 is 0 Å². The molecule has 0 saturated carbocycles. The topological polar surface area (TPSA) is 32.3 Å². The quantitative estimate of drug-likeness (QED) is 0.910.